The van der Waals surface area contributed by atoms with E-state index in [4.69, 9.17) is 11.6 Å². The van der Waals surface area contributed by atoms with Gasteiger partial charge < -0.3 is 16.5 Å². The lowest BCUT2D eigenvalue weighted by Gasteiger charge is -2.22. The molecule has 0 unspecified atom stereocenters. The number of aldehydes is 1. The highest BCUT2D eigenvalue weighted by atomic mass is 19.2. The van der Waals surface area contributed by atoms with Gasteiger partial charge in [-0.3, -0.25) is 4.79 Å². The summed E-state index contributed by atoms with van der Waals surface area (Å²) in [6, 6.07) is 9.37. The molecule has 2 aromatic rings. The number of unbranched alkanes of at least 4 members (excludes halogenated alkanes) is 1. The number of allylic oxidation sites excluding steroid dienone is 1. The molecule has 5 nitrogen and oxygen atoms in total. The van der Waals surface area contributed by atoms with E-state index in [1.165, 1.54) is 26.1 Å². The van der Waals surface area contributed by atoms with Crippen molar-refractivity contribution >= 4 is 17.7 Å². The van der Waals surface area contributed by atoms with Gasteiger partial charge in [0.2, 0.25) is 0 Å². The summed E-state index contributed by atoms with van der Waals surface area (Å²) in [4.78, 5) is 10.7. The van der Waals surface area contributed by atoms with Crippen molar-refractivity contribution in [2.45, 2.75) is 33.6 Å². The van der Waals surface area contributed by atoms with E-state index in [2.05, 4.69) is 18.7 Å². The van der Waals surface area contributed by atoms with Crippen molar-refractivity contribution in [3.63, 3.8) is 0 Å². The molecule has 0 radical (unpaired) electrons. The number of hydrogen-bond donors (Lipinski definition) is 3. The van der Waals surface area contributed by atoms with Crippen LogP contribution in [0.2, 0.25) is 0 Å². The molecule has 0 saturated carbocycles. The fourth-order valence-corrected chi connectivity index (χ4v) is 2.33. The predicted molar refractivity (Wildman–Crippen MR) is 117 cm³/mol. The van der Waals surface area contributed by atoms with E-state index in [-0.39, 0.29) is 0 Å². The Morgan fingerprint density at radius 2 is 1.79 bits per heavy atom. The molecule has 0 aromatic heterocycles. The second-order valence-corrected chi connectivity index (χ2v) is 6.00. The van der Waals surface area contributed by atoms with Crippen LogP contribution >= 0.6 is 0 Å². The van der Waals surface area contributed by atoms with Crippen molar-refractivity contribution in [3.8, 4) is 0 Å². The first-order valence-electron chi connectivity index (χ1n) is 9.41. The van der Waals surface area contributed by atoms with Gasteiger partial charge in [0.05, 0.1) is 5.70 Å². The molecule has 2 aromatic carbocycles. The van der Waals surface area contributed by atoms with Crippen molar-refractivity contribution in [2.75, 3.05) is 19.3 Å². The highest BCUT2D eigenvalue weighted by Gasteiger charge is 2.10. The lowest BCUT2D eigenvalue weighted by Crippen LogP contribution is -2.29. The van der Waals surface area contributed by atoms with Crippen LogP contribution < -0.4 is 17.3 Å². The zero-order chi connectivity index (χ0) is 22.4. The molecule has 0 aliphatic carbocycles. The Labute approximate surface area is 172 Å². The molecule has 160 valence electrons. The first-order valence-corrected chi connectivity index (χ1v) is 9.41. The number of anilines is 1. The summed E-state index contributed by atoms with van der Waals surface area (Å²) in [6.07, 6.45) is 4.86. The first kappa shape index (κ1) is 26.2. The number of hydrazine groups is 1. The van der Waals surface area contributed by atoms with Crippen LogP contribution in [0.25, 0.3) is 5.70 Å². The van der Waals surface area contributed by atoms with Gasteiger partial charge in [-0.1, -0.05) is 43.7 Å². The van der Waals surface area contributed by atoms with E-state index in [0.29, 0.717) is 23.4 Å². The third-order valence-corrected chi connectivity index (χ3v) is 3.91. The lowest BCUT2D eigenvalue weighted by atomic mass is 10.1. The SMILES string of the molecule is CCC/C=C(/c1ccc(C=O)cc1N)N(N)CC.CN.Cc1cccc(F)c1F. The van der Waals surface area contributed by atoms with Crippen molar-refractivity contribution < 1.29 is 13.6 Å². The van der Waals surface area contributed by atoms with E-state index in [1.807, 2.05) is 13.0 Å². The fraction of sp³-hybridized carbons (Fsp3) is 0.318. The van der Waals surface area contributed by atoms with E-state index < -0.39 is 11.6 Å². The minimum atomic E-state index is -0.782. The van der Waals surface area contributed by atoms with Crippen molar-refractivity contribution in [3.05, 3.63) is 70.8 Å². The Hall–Kier alpha value is -2.77. The maximum absolute atomic E-state index is 12.4. The van der Waals surface area contributed by atoms with Crippen LogP contribution in [0.1, 0.15) is 48.2 Å². The quantitative estimate of drug-likeness (QED) is 0.288. The summed E-state index contributed by atoms with van der Waals surface area (Å²) < 4.78 is 24.6. The Bertz CT molecular complexity index is 774. The fourth-order valence-electron chi connectivity index (χ4n) is 2.33. The van der Waals surface area contributed by atoms with Crippen LogP contribution in [0.3, 0.4) is 0 Å². The second-order valence-electron chi connectivity index (χ2n) is 6.00. The molecule has 0 fully saturated rings. The lowest BCUT2D eigenvalue weighted by molar-refractivity contribution is 0.112. The highest BCUT2D eigenvalue weighted by Crippen LogP contribution is 2.24. The van der Waals surface area contributed by atoms with Gasteiger partial charge in [-0.2, -0.15) is 0 Å². The van der Waals surface area contributed by atoms with Crippen LogP contribution in [0.15, 0.2) is 42.5 Å². The van der Waals surface area contributed by atoms with Gasteiger partial charge in [-0.05, 0) is 45.0 Å². The minimum absolute atomic E-state index is 0.343. The number of rotatable bonds is 6. The van der Waals surface area contributed by atoms with Crippen molar-refractivity contribution in [2.24, 2.45) is 11.6 Å². The molecule has 0 atom stereocenters. The van der Waals surface area contributed by atoms with Crippen LogP contribution in [0.5, 0.6) is 0 Å². The summed E-state index contributed by atoms with van der Waals surface area (Å²) in [5.41, 5.74) is 13.8. The third kappa shape index (κ3) is 8.41. The van der Waals surface area contributed by atoms with E-state index in [1.54, 1.807) is 17.1 Å². The molecule has 6 N–H and O–H groups in total. The Kier molecular flexibility index (Phi) is 12.9. The topological polar surface area (TPSA) is 98.4 Å². The van der Waals surface area contributed by atoms with Crippen LogP contribution in [-0.2, 0) is 0 Å². The average molecular weight is 407 g/mol. The van der Waals surface area contributed by atoms with Gasteiger partial charge in [-0.25, -0.2) is 14.6 Å². The number of nitrogen functional groups attached to an aromatic ring is 1. The number of halogens is 2. The summed E-state index contributed by atoms with van der Waals surface area (Å²) in [7, 11) is 1.50. The van der Waals surface area contributed by atoms with Crippen LogP contribution in [0.4, 0.5) is 14.5 Å². The minimum Gasteiger partial charge on any atom is -0.398 e. The largest absolute Gasteiger partial charge is 0.398 e. The molecule has 0 bridgehead atoms. The molecule has 0 spiro atoms. The number of aryl methyl sites for hydroxylation is 1. The zero-order valence-electron chi connectivity index (χ0n) is 17.6. The number of carbonyl (C=O) groups is 1. The predicted octanol–water partition coefficient (Wildman–Crippen LogP) is 4.27. The molecule has 2 rings (SSSR count). The molecule has 0 aliphatic rings. The smallest absolute Gasteiger partial charge is 0.161 e. The number of benzene rings is 2. The molecule has 0 aliphatic heterocycles. The summed E-state index contributed by atoms with van der Waals surface area (Å²) in [5, 5.41) is 1.67. The summed E-state index contributed by atoms with van der Waals surface area (Å²) >= 11 is 0. The Balaban J connectivity index is 0.000000595. The normalized spacial score (nSPS) is 10.3. The van der Waals surface area contributed by atoms with Gasteiger partial charge in [0.15, 0.2) is 11.6 Å². The monoisotopic (exact) mass is 406 g/mol. The standard InChI is InChI=1S/C14H21N3O.C7H6F2.CH5N/c1-3-5-6-14(17(16)4-2)12-8-7-11(10-18)9-13(12)15;1-5-3-2-4-6(8)7(5)9;1-2/h6-10H,3-5,15-16H2,1-2H3;2-4H,1H3;2H2,1H3/b14-6-;;. The van der Waals surface area contributed by atoms with Gasteiger partial charge in [0.1, 0.15) is 6.29 Å². The van der Waals surface area contributed by atoms with Crippen molar-refractivity contribution in [1.82, 2.24) is 5.01 Å². The molecular formula is C22H32F2N4O. The van der Waals surface area contributed by atoms with Gasteiger partial charge in [0.25, 0.3) is 0 Å². The maximum atomic E-state index is 12.4. The molecular weight excluding hydrogens is 374 g/mol. The highest BCUT2D eigenvalue weighted by molar-refractivity contribution is 5.81. The van der Waals surface area contributed by atoms with Gasteiger partial charge in [0, 0.05) is 23.4 Å². The average Bonchev–Trinajstić information content (AvgIpc) is 2.74. The third-order valence-electron chi connectivity index (χ3n) is 3.91. The number of nitrogens with zero attached hydrogens (tertiary/aromatic N) is 1. The van der Waals surface area contributed by atoms with E-state index in [9.17, 15) is 13.6 Å². The van der Waals surface area contributed by atoms with Gasteiger partial charge >= 0.3 is 0 Å². The van der Waals surface area contributed by atoms with Crippen molar-refractivity contribution in [1.29, 1.82) is 0 Å². The molecule has 7 heteroatoms. The van der Waals surface area contributed by atoms with E-state index in [0.717, 1.165) is 36.5 Å². The van der Waals surface area contributed by atoms with Crippen LogP contribution in [0, 0.1) is 18.6 Å². The molecule has 0 heterocycles. The Morgan fingerprint density at radius 1 is 1.14 bits per heavy atom. The number of nitrogens with two attached hydrogens (primary N) is 3. The second kappa shape index (κ2) is 14.3. The Morgan fingerprint density at radius 3 is 2.24 bits per heavy atom. The molecule has 0 saturated heterocycles. The molecule has 29 heavy (non-hydrogen) atoms. The maximum Gasteiger partial charge on any atom is 0.161 e. The summed E-state index contributed by atoms with van der Waals surface area (Å²) in [6.45, 7) is 6.32. The zero-order valence-corrected chi connectivity index (χ0v) is 17.6. The van der Waals surface area contributed by atoms with Crippen LogP contribution in [-0.4, -0.2) is 24.9 Å². The van der Waals surface area contributed by atoms with E-state index >= 15 is 0 Å². The number of carbonyl (C=O) groups excluding carboxylic acids is 1. The molecule has 0 amide bonds. The number of hydrogen-bond acceptors (Lipinski definition) is 5. The van der Waals surface area contributed by atoms with Gasteiger partial charge in [-0.15, -0.1) is 0 Å². The first-order chi connectivity index (χ1) is 13.8. The summed E-state index contributed by atoms with van der Waals surface area (Å²) in [5.74, 6) is 4.43.